The number of benzene rings is 1. The van der Waals surface area contributed by atoms with Crippen LogP contribution in [0.3, 0.4) is 0 Å². The molecule has 1 N–H and O–H groups in total. The topological polar surface area (TPSA) is 71.0 Å². The van der Waals surface area contributed by atoms with Gasteiger partial charge in [0.15, 0.2) is 0 Å². The normalized spacial score (nSPS) is 10.9. The van der Waals surface area contributed by atoms with Crippen LogP contribution in [0, 0.1) is 13.8 Å². The number of aromatic nitrogens is 3. The van der Waals surface area contributed by atoms with E-state index >= 15 is 0 Å². The Kier molecular flexibility index (Phi) is 5.22. The Morgan fingerprint density at radius 3 is 2.62 bits per heavy atom. The minimum absolute atomic E-state index is 0.149. The Bertz CT molecular complexity index is 1170. The van der Waals surface area contributed by atoms with Crippen LogP contribution in [0.4, 0.5) is 11.6 Å². The molecule has 0 fully saturated rings. The van der Waals surface area contributed by atoms with Gasteiger partial charge in [-0.2, -0.15) is 0 Å². The maximum Gasteiger partial charge on any atom is 0.245 e. The highest BCUT2D eigenvalue weighted by Gasteiger charge is 2.17. The van der Waals surface area contributed by atoms with Crippen molar-refractivity contribution in [3.63, 3.8) is 0 Å². The first-order chi connectivity index (χ1) is 14.0. The van der Waals surface area contributed by atoms with Gasteiger partial charge in [0.1, 0.15) is 22.8 Å². The SMILES string of the molecule is Cc1ccc(-c2csc3ncnc(N(C)CC(=O)Nc4cc(C)ccn4)c23)cc1. The van der Waals surface area contributed by atoms with Crippen LogP contribution < -0.4 is 10.2 Å². The molecule has 29 heavy (non-hydrogen) atoms. The van der Waals surface area contributed by atoms with Gasteiger partial charge in [0.05, 0.1) is 11.9 Å². The van der Waals surface area contributed by atoms with Gasteiger partial charge in [-0.05, 0) is 37.1 Å². The maximum absolute atomic E-state index is 12.5. The Hall–Kier alpha value is -3.32. The molecule has 0 spiro atoms. The van der Waals surface area contributed by atoms with Crippen LogP contribution in [0.15, 0.2) is 54.3 Å². The van der Waals surface area contributed by atoms with Crippen molar-refractivity contribution in [2.75, 3.05) is 23.8 Å². The predicted octanol–water partition coefficient (Wildman–Crippen LogP) is 4.45. The zero-order valence-electron chi connectivity index (χ0n) is 16.5. The molecule has 4 aromatic rings. The number of fused-ring (bicyclic) bond motifs is 1. The van der Waals surface area contributed by atoms with E-state index in [1.54, 1.807) is 23.9 Å². The summed E-state index contributed by atoms with van der Waals surface area (Å²) in [5.41, 5.74) is 4.44. The molecule has 0 bridgehead atoms. The number of carbonyl (C=O) groups is 1. The number of likely N-dealkylation sites (N-methyl/N-ethyl adjacent to an activating group) is 1. The zero-order chi connectivity index (χ0) is 20.4. The van der Waals surface area contributed by atoms with E-state index in [-0.39, 0.29) is 12.5 Å². The van der Waals surface area contributed by atoms with Crippen molar-refractivity contribution in [1.29, 1.82) is 0 Å². The maximum atomic E-state index is 12.5. The molecule has 0 aliphatic carbocycles. The van der Waals surface area contributed by atoms with Crippen LogP contribution in [0.2, 0.25) is 0 Å². The Labute approximate surface area is 173 Å². The zero-order valence-corrected chi connectivity index (χ0v) is 17.3. The van der Waals surface area contributed by atoms with Gasteiger partial charge >= 0.3 is 0 Å². The Morgan fingerprint density at radius 2 is 1.86 bits per heavy atom. The number of hydrogen-bond acceptors (Lipinski definition) is 6. The first-order valence-corrected chi connectivity index (χ1v) is 10.1. The van der Waals surface area contributed by atoms with Crippen LogP contribution in [0.5, 0.6) is 0 Å². The highest BCUT2D eigenvalue weighted by atomic mass is 32.1. The highest BCUT2D eigenvalue weighted by molar-refractivity contribution is 7.17. The third-order valence-corrected chi connectivity index (χ3v) is 5.52. The van der Waals surface area contributed by atoms with E-state index in [2.05, 4.69) is 56.8 Å². The van der Waals surface area contributed by atoms with Crippen molar-refractivity contribution in [2.24, 2.45) is 0 Å². The van der Waals surface area contributed by atoms with Gasteiger partial charge in [-0.25, -0.2) is 15.0 Å². The van der Waals surface area contributed by atoms with Crippen LogP contribution in [-0.4, -0.2) is 34.5 Å². The predicted molar refractivity (Wildman–Crippen MR) is 118 cm³/mol. The van der Waals surface area contributed by atoms with Crippen molar-refractivity contribution in [3.8, 4) is 11.1 Å². The van der Waals surface area contributed by atoms with Crippen LogP contribution >= 0.6 is 11.3 Å². The Balaban J connectivity index is 1.62. The summed E-state index contributed by atoms with van der Waals surface area (Å²) in [5, 5.41) is 5.90. The van der Waals surface area contributed by atoms with E-state index < -0.39 is 0 Å². The summed E-state index contributed by atoms with van der Waals surface area (Å²) in [5.74, 6) is 1.13. The van der Waals surface area contributed by atoms with Gasteiger partial charge in [0.2, 0.25) is 5.91 Å². The molecule has 0 unspecified atom stereocenters. The number of nitrogens with one attached hydrogen (secondary N) is 1. The summed E-state index contributed by atoms with van der Waals surface area (Å²) in [6, 6.07) is 12.1. The number of rotatable bonds is 5. The van der Waals surface area contributed by atoms with E-state index in [1.807, 2.05) is 31.0 Å². The third-order valence-electron chi connectivity index (χ3n) is 4.64. The monoisotopic (exact) mass is 403 g/mol. The fraction of sp³-hybridized carbons (Fsp3) is 0.182. The average Bonchev–Trinajstić information content (AvgIpc) is 3.12. The second-order valence-corrected chi connectivity index (χ2v) is 7.87. The molecule has 6 nitrogen and oxygen atoms in total. The molecule has 0 atom stereocenters. The van der Waals surface area contributed by atoms with E-state index in [0.29, 0.717) is 5.82 Å². The lowest BCUT2D eigenvalue weighted by Gasteiger charge is -2.19. The lowest BCUT2D eigenvalue weighted by molar-refractivity contribution is -0.114. The van der Waals surface area contributed by atoms with Gasteiger partial charge in [0, 0.05) is 24.2 Å². The van der Waals surface area contributed by atoms with E-state index in [0.717, 1.165) is 32.7 Å². The standard InChI is InChI=1S/C22H21N5OS/c1-14-4-6-16(7-5-14)17-12-29-22-20(17)21(24-13-25-22)27(3)11-19(28)26-18-10-15(2)8-9-23-18/h4-10,12-13H,11H2,1-3H3,(H,23,26,28). The molecule has 1 aromatic carbocycles. The Morgan fingerprint density at radius 1 is 1.07 bits per heavy atom. The van der Waals surface area contributed by atoms with Crippen molar-refractivity contribution >= 4 is 39.1 Å². The molecule has 0 radical (unpaired) electrons. The first kappa shape index (κ1) is 19.0. The number of anilines is 2. The van der Waals surface area contributed by atoms with Crippen molar-refractivity contribution < 1.29 is 4.79 Å². The summed E-state index contributed by atoms with van der Waals surface area (Å²) in [6.45, 7) is 4.19. The minimum atomic E-state index is -0.149. The molecule has 3 aromatic heterocycles. The van der Waals surface area contributed by atoms with Gasteiger partial charge in [-0.3, -0.25) is 4.79 Å². The summed E-state index contributed by atoms with van der Waals surface area (Å²) < 4.78 is 0. The van der Waals surface area contributed by atoms with Gasteiger partial charge in [-0.15, -0.1) is 11.3 Å². The van der Waals surface area contributed by atoms with E-state index in [4.69, 9.17) is 0 Å². The van der Waals surface area contributed by atoms with Crippen LogP contribution in [0.1, 0.15) is 11.1 Å². The number of aryl methyl sites for hydroxylation is 2. The van der Waals surface area contributed by atoms with E-state index in [9.17, 15) is 4.79 Å². The number of pyridine rings is 1. The number of nitrogens with zero attached hydrogens (tertiary/aromatic N) is 4. The molecule has 4 rings (SSSR count). The van der Waals surface area contributed by atoms with Gasteiger partial charge in [-0.1, -0.05) is 29.8 Å². The number of hydrogen-bond donors (Lipinski definition) is 1. The van der Waals surface area contributed by atoms with Gasteiger partial charge < -0.3 is 10.2 Å². The van der Waals surface area contributed by atoms with Crippen molar-refractivity contribution in [1.82, 2.24) is 15.0 Å². The van der Waals surface area contributed by atoms with E-state index in [1.165, 1.54) is 5.56 Å². The molecule has 3 heterocycles. The van der Waals surface area contributed by atoms with Crippen molar-refractivity contribution in [2.45, 2.75) is 13.8 Å². The number of carbonyl (C=O) groups excluding carboxylic acids is 1. The lowest BCUT2D eigenvalue weighted by Crippen LogP contribution is -2.31. The fourth-order valence-electron chi connectivity index (χ4n) is 3.17. The largest absolute Gasteiger partial charge is 0.350 e. The summed E-state index contributed by atoms with van der Waals surface area (Å²) in [6.07, 6.45) is 3.23. The summed E-state index contributed by atoms with van der Waals surface area (Å²) in [7, 11) is 1.86. The smallest absolute Gasteiger partial charge is 0.245 e. The fourth-order valence-corrected chi connectivity index (χ4v) is 4.08. The van der Waals surface area contributed by atoms with Crippen LogP contribution in [0.25, 0.3) is 21.3 Å². The molecule has 7 heteroatoms. The van der Waals surface area contributed by atoms with Crippen molar-refractivity contribution in [3.05, 3.63) is 65.4 Å². The molecule has 1 amide bonds. The molecule has 146 valence electrons. The molecular formula is C22H21N5OS. The quantitative estimate of drug-likeness (QED) is 0.533. The third kappa shape index (κ3) is 4.09. The lowest BCUT2D eigenvalue weighted by atomic mass is 10.0. The molecule has 0 aliphatic heterocycles. The summed E-state index contributed by atoms with van der Waals surface area (Å²) >= 11 is 1.58. The molecular weight excluding hydrogens is 382 g/mol. The second-order valence-electron chi connectivity index (χ2n) is 7.02. The van der Waals surface area contributed by atoms with Gasteiger partial charge in [0.25, 0.3) is 0 Å². The minimum Gasteiger partial charge on any atom is -0.350 e. The first-order valence-electron chi connectivity index (χ1n) is 9.24. The number of thiophene rings is 1. The van der Waals surface area contributed by atoms with Crippen LogP contribution in [-0.2, 0) is 4.79 Å². The second kappa shape index (κ2) is 7.97. The highest BCUT2D eigenvalue weighted by Crippen LogP contribution is 2.37. The molecule has 0 saturated heterocycles. The molecule has 0 aliphatic rings. The summed E-state index contributed by atoms with van der Waals surface area (Å²) in [4.78, 5) is 28.4. The number of amides is 1. The average molecular weight is 404 g/mol. The molecule has 0 saturated carbocycles.